The number of aliphatic hydroxyl groups excluding tert-OH is 9. The summed E-state index contributed by atoms with van der Waals surface area (Å²) >= 11 is 0. The molecule has 5 rings (SSSR count). The molecule has 0 spiro atoms. The molecule has 0 saturated carbocycles. The van der Waals surface area contributed by atoms with Gasteiger partial charge in [0.25, 0.3) is 0 Å². The van der Waals surface area contributed by atoms with E-state index in [1.807, 2.05) is 12.2 Å². The Morgan fingerprint density at radius 3 is 1.83 bits per heavy atom. The average Bonchev–Trinajstić information content (AvgIpc) is 0.750. The minimum atomic E-state index is -5.83. The van der Waals surface area contributed by atoms with Gasteiger partial charge in [-0.25, -0.2) is 18.9 Å². The molecule has 582 valence electrons. The molecule has 38 heteroatoms. The van der Waals surface area contributed by atoms with E-state index in [0.717, 1.165) is 70.4 Å². The van der Waals surface area contributed by atoms with Crippen LogP contribution in [-0.4, -0.2) is 287 Å². The average molecular weight is 1490 g/mol. The van der Waals surface area contributed by atoms with Crippen molar-refractivity contribution in [3.63, 3.8) is 0 Å². The molecule has 0 aliphatic carbocycles. The van der Waals surface area contributed by atoms with E-state index in [9.17, 15) is 99.5 Å². The molecule has 5 heterocycles. The molecule has 37 nitrogen and oxygen atoms in total. The molecule has 19 N–H and O–H groups in total. The predicted octanol–water partition coefficient (Wildman–Crippen LogP) is -2.19. The van der Waals surface area contributed by atoms with Crippen LogP contribution in [0.5, 0.6) is 0 Å². The van der Waals surface area contributed by atoms with Gasteiger partial charge in [0, 0.05) is 13.8 Å². The number of carbonyl (C=O) groups excluding carboxylic acids is 4. The number of nitrogens with one attached hydrogen (secondary N) is 2. The number of carbonyl (C=O) groups is 6. The lowest BCUT2D eigenvalue weighted by molar-refractivity contribution is -0.375. The Balaban J connectivity index is 1.41. The molecule has 102 heavy (non-hydrogen) atoms. The van der Waals surface area contributed by atoms with Gasteiger partial charge in [0.05, 0.1) is 32.5 Å². The van der Waals surface area contributed by atoms with Gasteiger partial charge in [-0.15, -0.1) is 0 Å². The number of phosphoric acid groups is 1. The first kappa shape index (κ1) is 87.3. The summed E-state index contributed by atoms with van der Waals surface area (Å²) in [5.74, 6) is -6.94. The second-order valence-corrected chi connectivity index (χ2v) is 28.5. The van der Waals surface area contributed by atoms with Crippen molar-refractivity contribution in [3.8, 4) is 0 Å². The Morgan fingerprint density at radius 1 is 0.676 bits per heavy atom. The highest BCUT2D eigenvalue weighted by Gasteiger charge is 2.62. The van der Waals surface area contributed by atoms with Crippen LogP contribution in [0, 0.1) is 5.41 Å². The molecule has 27 atom stereocenters. The standard InChI is InChI=1S/C64H103N4O33P/c1-28(2)15-14-17-29(3)18-19-31(5)20-23-63(9,10)22-13-12-16-30(4)21-24-89-37(55(81)82)27-91-102(87,88)101-61-51(52(100-62(66)85)64(11,86)53(99-61)54(65)80)98-58-39(68-34(8)71)42(74)49(36(94-58)26-90-59-46(78)43(75)40(72)35(25-69)93-59)96-57-38(67-33(7)70)41(73)48(32(6)92-57)95-60-47(79)44(76)45(77)50(97-60)56(83)84/h12-13,15,18,21,32,35-53,57-61,69,72-79,86H,5,14,16-17,19-20,22-27H2,1-4,6-11H3,(H2,65,80)(H2,66,85)(H,67,70)(H,68,71)(H,81,82)(H,83,84)(H,87,88)/b13-12+,29-18+,30-21-/t32-,35-,36-,37-,38-,39-,40-,41-,42-,43+,44+,45+,46-,47-,48-,49-,50+,51-,52-,53-,57+,58+,59-,60-,61-,64+/m1/s1. The number of aliphatic hydroxyl groups is 10. The van der Waals surface area contributed by atoms with Gasteiger partial charge in [0.2, 0.25) is 17.7 Å². The topological polar surface area (TPSA) is 579 Å². The van der Waals surface area contributed by atoms with Gasteiger partial charge < -0.3 is 140 Å². The molecule has 1 unspecified atom stereocenters. The highest BCUT2D eigenvalue weighted by Crippen LogP contribution is 2.49. The quantitative estimate of drug-likeness (QED) is 0.0234. The summed E-state index contributed by atoms with van der Waals surface area (Å²) in [5.41, 5.74) is 12.6. The molecule has 0 aromatic rings. The third-order valence-electron chi connectivity index (χ3n) is 17.5. The Labute approximate surface area is 588 Å². The molecule has 0 aromatic carbocycles. The fourth-order valence-electron chi connectivity index (χ4n) is 11.6. The van der Waals surface area contributed by atoms with E-state index in [-0.39, 0.29) is 12.0 Å². The number of primary amides is 2. The van der Waals surface area contributed by atoms with Crippen LogP contribution in [0.15, 0.2) is 59.3 Å². The molecular formula is C64H103N4O33P. The largest absolute Gasteiger partial charge is 0.479 e. The number of nitrogens with two attached hydrogens (primary N) is 2. The van der Waals surface area contributed by atoms with Gasteiger partial charge in [0.15, 0.2) is 62.0 Å². The summed E-state index contributed by atoms with van der Waals surface area (Å²) in [6, 6.07) is -3.94. The van der Waals surface area contributed by atoms with Crippen molar-refractivity contribution in [2.45, 2.75) is 273 Å². The zero-order valence-electron chi connectivity index (χ0n) is 58.4. The number of rotatable bonds is 36. The van der Waals surface area contributed by atoms with Crippen LogP contribution in [0.2, 0.25) is 0 Å². The fourth-order valence-corrected chi connectivity index (χ4v) is 12.4. The second-order valence-electron chi connectivity index (χ2n) is 27.1. The highest BCUT2D eigenvalue weighted by molar-refractivity contribution is 7.47. The first-order chi connectivity index (χ1) is 47.5. The number of carboxylic acid groups (broad SMARTS) is 2. The van der Waals surface area contributed by atoms with Crippen LogP contribution in [0.1, 0.15) is 114 Å². The Kier molecular flexibility index (Phi) is 33.2. The summed E-state index contributed by atoms with van der Waals surface area (Å²) in [4.78, 5) is 87.5. The zero-order chi connectivity index (χ0) is 76.6. The van der Waals surface area contributed by atoms with Gasteiger partial charge in [-0.3, -0.25) is 23.4 Å². The summed E-state index contributed by atoms with van der Waals surface area (Å²) in [6.07, 6.45) is -34.6. The first-order valence-electron chi connectivity index (χ1n) is 32.9. The Hall–Kier alpha value is -5.37. The predicted molar refractivity (Wildman–Crippen MR) is 347 cm³/mol. The number of carboxylic acids is 2. The highest BCUT2D eigenvalue weighted by atomic mass is 31.2. The van der Waals surface area contributed by atoms with E-state index in [1.54, 1.807) is 13.0 Å². The number of ether oxygens (including phenoxy) is 11. The third kappa shape index (κ3) is 24.6. The normalized spacial score (nSPS) is 36.4. The third-order valence-corrected chi connectivity index (χ3v) is 18.5. The summed E-state index contributed by atoms with van der Waals surface area (Å²) in [5, 5.41) is 135. The van der Waals surface area contributed by atoms with Crippen molar-refractivity contribution in [3.05, 3.63) is 59.3 Å². The summed E-state index contributed by atoms with van der Waals surface area (Å²) < 4.78 is 88.0. The maximum Gasteiger partial charge on any atom is 0.474 e. The molecule has 0 radical (unpaired) electrons. The van der Waals surface area contributed by atoms with Gasteiger partial charge in [-0.1, -0.05) is 73.1 Å². The van der Waals surface area contributed by atoms with E-state index >= 15 is 0 Å². The Morgan fingerprint density at radius 2 is 1.25 bits per heavy atom. The number of hydrogen-bond donors (Lipinski definition) is 17. The van der Waals surface area contributed by atoms with Crippen molar-refractivity contribution < 1.29 is 161 Å². The van der Waals surface area contributed by atoms with E-state index in [0.29, 0.717) is 6.42 Å². The molecule has 0 bridgehead atoms. The maximum atomic E-state index is 14.0. The smallest absolute Gasteiger partial charge is 0.474 e. The summed E-state index contributed by atoms with van der Waals surface area (Å²) in [6.45, 7) is 16.9. The minimum Gasteiger partial charge on any atom is -0.479 e. The summed E-state index contributed by atoms with van der Waals surface area (Å²) in [7, 11) is -5.83. The van der Waals surface area contributed by atoms with Gasteiger partial charge >= 0.3 is 25.9 Å². The molecule has 5 aliphatic heterocycles. The molecular weight excluding hydrogens is 1380 g/mol. The number of aliphatic carboxylic acids is 2. The van der Waals surface area contributed by atoms with Crippen molar-refractivity contribution >= 4 is 43.6 Å². The van der Waals surface area contributed by atoms with Crippen LogP contribution in [0.25, 0.3) is 0 Å². The van der Waals surface area contributed by atoms with Crippen LogP contribution >= 0.6 is 7.82 Å². The SMILES string of the molecule is C=C(C/C=C(\C)CCC=C(C)C)CCC(C)(C)C/C=C/C/C(C)=C\CO[C@H](COP(=O)(O)O[C@H]1O[C@H](C(N)=O)[C@@](C)(O)[C@H](OC(N)=O)[C@H]1O[C@@H]1O[C@H](CO[C@@H]2O[C@H](CO)[C@@H](O)[C@H](O)[C@H]2O)[C@@H](O[C@@H]2O[C@H](C)[C@@H](O[C@@H]3O[C@H](C(=O)O)[C@@H](O)[C@H](O)[C@H]3O)[C@H](O)[C@H]2NC(C)=O)[C@H](O)[C@H]1NC(C)=O)C(=O)O. The fraction of sp³-hybridized carbons (Fsp3) is 0.750. The van der Waals surface area contributed by atoms with E-state index in [1.165, 1.54) is 18.1 Å². The molecule has 4 amide bonds. The molecule has 5 fully saturated rings. The lowest BCUT2D eigenvalue weighted by Crippen LogP contribution is -2.72. The van der Waals surface area contributed by atoms with Crippen molar-refractivity contribution in [2.75, 3.05) is 26.4 Å². The van der Waals surface area contributed by atoms with E-state index in [2.05, 4.69) is 64.0 Å². The van der Waals surface area contributed by atoms with E-state index < -0.39 is 222 Å². The van der Waals surface area contributed by atoms with Crippen molar-refractivity contribution in [2.24, 2.45) is 16.9 Å². The van der Waals surface area contributed by atoms with E-state index in [4.69, 9.17) is 72.6 Å². The van der Waals surface area contributed by atoms with Crippen LogP contribution in [0.4, 0.5) is 4.79 Å². The minimum absolute atomic E-state index is 0.0460. The number of allylic oxidation sites excluding steroid dienone is 8. The number of amides is 4. The number of phosphoric ester groups is 1. The maximum absolute atomic E-state index is 14.0. The van der Waals surface area contributed by atoms with Gasteiger partial charge in [0.1, 0.15) is 90.9 Å². The zero-order valence-corrected chi connectivity index (χ0v) is 59.3. The molecule has 5 saturated heterocycles. The monoisotopic (exact) mass is 1490 g/mol. The lowest BCUT2D eigenvalue weighted by atomic mass is 9.82. The number of hydrogen-bond acceptors (Lipinski definition) is 30. The molecule has 5 aliphatic rings. The molecule has 0 aromatic heterocycles. The Bertz CT molecular complexity index is 3000. The van der Waals surface area contributed by atoms with Gasteiger partial charge in [-0.05, 0) is 91.9 Å². The van der Waals surface area contributed by atoms with Crippen LogP contribution in [0.3, 0.4) is 0 Å². The first-order valence-corrected chi connectivity index (χ1v) is 34.4. The van der Waals surface area contributed by atoms with Crippen molar-refractivity contribution in [1.29, 1.82) is 0 Å². The lowest BCUT2D eigenvalue weighted by Gasteiger charge is -2.52. The second kappa shape index (κ2) is 38.8. The van der Waals surface area contributed by atoms with Crippen LogP contribution in [-0.2, 0) is 89.7 Å². The van der Waals surface area contributed by atoms with Gasteiger partial charge in [-0.2, -0.15) is 0 Å². The van der Waals surface area contributed by atoms with Crippen LogP contribution < -0.4 is 22.1 Å². The van der Waals surface area contributed by atoms with Crippen molar-refractivity contribution in [1.82, 2.24) is 10.6 Å².